The normalized spacial score (nSPS) is 10.6. The second-order valence-corrected chi connectivity index (χ2v) is 9.53. The van der Waals surface area contributed by atoms with Crippen LogP contribution in [0.5, 0.6) is 0 Å². The van der Waals surface area contributed by atoms with E-state index in [1.807, 2.05) is 91.2 Å². The lowest BCUT2D eigenvalue weighted by atomic mass is 9.98. The second-order valence-electron chi connectivity index (χ2n) is 9.12. The third-order valence-corrected chi connectivity index (χ3v) is 6.97. The molecule has 192 valence electrons. The van der Waals surface area contributed by atoms with Crippen molar-refractivity contribution >= 4 is 34.7 Å². The van der Waals surface area contributed by atoms with Gasteiger partial charge in [0.25, 0.3) is 0 Å². The third-order valence-electron chi connectivity index (χ3n) is 6.77. The number of thiocarbonyl (C=S) groups is 1. The van der Waals surface area contributed by atoms with Crippen LogP contribution in [-0.2, 0) is 6.54 Å². The SMILES string of the molecule is Cc1c(C#N)c(N)n(Cc2ccccc2-c2ccccc2NC(=S)Nc2ccc(-c3ccccc3)nn2)c1C. The van der Waals surface area contributed by atoms with Gasteiger partial charge in [-0.15, -0.1) is 10.2 Å². The second kappa shape index (κ2) is 11.2. The maximum atomic E-state index is 9.55. The van der Waals surface area contributed by atoms with Gasteiger partial charge in [0.1, 0.15) is 11.9 Å². The minimum atomic E-state index is 0.404. The molecular formula is C31H27N7S. The van der Waals surface area contributed by atoms with Gasteiger partial charge >= 0.3 is 0 Å². The highest BCUT2D eigenvalue weighted by Gasteiger charge is 2.17. The molecule has 3 aromatic carbocycles. The van der Waals surface area contributed by atoms with E-state index >= 15 is 0 Å². The summed E-state index contributed by atoms with van der Waals surface area (Å²) < 4.78 is 1.99. The van der Waals surface area contributed by atoms with Gasteiger partial charge < -0.3 is 20.9 Å². The molecule has 8 heteroatoms. The highest BCUT2D eigenvalue weighted by Crippen LogP contribution is 2.33. The average molecular weight is 530 g/mol. The first-order valence-corrected chi connectivity index (χ1v) is 12.9. The lowest BCUT2D eigenvalue weighted by Gasteiger charge is -2.17. The van der Waals surface area contributed by atoms with Crippen LogP contribution in [0.15, 0.2) is 91.0 Å². The summed E-state index contributed by atoms with van der Waals surface area (Å²) in [6, 6.07) is 32.0. The largest absolute Gasteiger partial charge is 0.384 e. The number of nitrogen functional groups attached to an aromatic ring is 1. The van der Waals surface area contributed by atoms with Crippen LogP contribution in [0.3, 0.4) is 0 Å². The Morgan fingerprint density at radius 2 is 1.56 bits per heavy atom. The van der Waals surface area contributed by atoms with Gasteiger partial charge in [0.05, 0.1) is 11.3 Å². The summed E-state index contributed by atoms with van der Waals surface area (Å²) in [5.41, 5.74) is 14.5. The Bertz CT molecular complexity index is 1680. The van der Waals surface area contributed by atoms with Crippen molar-refractivity contribution in [1.29, 1.82) is 5.26 Å². The van der Waals surface area contributed by atoms with Crippen LogP contribution >= 0.6 is 12.2 Å². The minimum absolute atomic E-state index is 0.404. The van der Waals surface area contributed by atoms with Crippen molar-refractivity contribution in [2.24, 2.45) is 0 Å². The van der Waals surface area contributed by atoms with Gasteiger partial charge in [-0.25, -0.2) is 0 Å². The molecule has 0 spiro atoms. The molecule has 4 N–H and O–H groups in total. The molecule has 0 radical (unpaired) electrons. The van der Waals surface area contributed by atoms with Crippen molar-refractivity contribution < 1.29 is 0 Å². The van der Waals surface area contributed by atoms with Gasteiger partial charge in [0, 0.05) is 29.1 Å². The zero-order valence-corrected chi connectivity index (χ0v) is 22.5. The predicted molar refractivity (Wildman–Crippen MR) is 161 cm³/mol. The standard InChI is InChI=1S/C31H27N7S/c1-20-21(2)38(30(33)26(20)18-32)19-23-12-6-7-13-24(23)25-14-8-9-15-28(25)34-31(39)35-29-17-16-27(36-37-29)22-10-4-3-5-11-22/h3-17H,19,33H2,1-2H3,(H2,34,35,37,39). The summed E-state index contributed by atoms with van der Waals surface area (Å²) >= 11 is 5.62. The lowest BCUT2D eigenvalue weighted by molar-refractivity contribution is 0.785. The van der Waals surface area contributed by atoms with E-state index in [0.29, 0.717) is 28.9 Å². The Morgan fingerprint density at radius 1 is 0.872 bits per heavy atom. The van der Waals surface area contributed by atoms with Crippen LogP contribution in [0.2, 0.25) is 0 Å². The molecule has 0 saturated heterocycles. The Balaban J connectivity index is 1.38. The zero-order valence-electron chi connectivity index (χ0n) is 21.6. The number of nitriles is 1. The smallest absolute Gasteiger partial charge is 0.176 e. The highest BCUT2D eigenvalue weighted by molar-refractivity contribution is 7.80. The molecule has 5 rings (SSSR count). The van der Waals surface area contributed by atoms with Gasteiger partial charge in [-0.05, 0) is 61.0 Å². The van der Waals surface area contributed by atoms with Crippen molar-refractivity contribution in [3.63, 3.8) is 0 Å². The molecule has 0 aliphatic rings. The molecule has 0 aliphatic carbocycles. The quantitative estimate of drug-likeness (QED) is 0.215. The number of anilines is 3. The zero-order chi connectivity index (χ0) is 27.4. The van der Waals surface area contributed by atoms with Gasteiger partial charge in [-0.2, -0.15) is 5.26 Å². The van der Waals surface area contributed by atoms with Crippen LogP contribution in [0, 0.1) is 25.2 Å². The predicted octanol–water partition coefficient (Wildman–Crippen LogP) is 6.54. The fourth-order valence-corrected chi connectivity index (χ4v) is 4.80. The first kappa shape index (κ1) is 25.6. The average Bonchev–Trinajstić information content (AvgIpc) is 3.17. The summed E-state index contributed by atoms with van der Waals surface area (Å²) in [5.74, 6) is 1.03. The fourth-order valence-electron chi connectivity index (χ4n) is 4.59. The lowest BCUT2D eigenvalue weighted by Crippen LogP contribution is -2.20. The number of rotatable bonds is 6. The van der Waals surface area contributed by atoms with Crippen molar-refractivity contribution in [3.8, 4) is 28.5 Å². The minimum Gasteiger partial charge on any atom is -0.384 e. The molecule has 39 heavy (non-hydrogen) atoms. The molecule has 0 amide bonds. The maximum absolute atomic E-state index is 9.55. The molecule has 5 aromatic rings. The van der Waals surface area contributed by atoms with Crippen molar-refractivity contribution in [2.45, 2.75) is 20.4 Å². The number of para-hydroxylation sites is 1. The monoisotopic (exact) mass is 529 g/mol. The van der Waals surface area contributed by atoms with Crippen molar-refractivity contribution in [3.05, 3.63) is 113 Å². The molecular weight excluding hydrogens is 502 g/mol. The molecule has 2 aromatic heterocycles. The van der Waals surface area contributed by atoms with Crippen LogP contribution < -0.4 is 16.4 Å². The number of nitrogens with one attached hydrogen (secondary N) is 2. The Labute approximate surface area is 233 Å². The molecule has 0 saturated carbocycles. The van der Waals surface area contributed by atoms with Crippen LogP contribution in [0.4, 0.5) is 17.3 Å². The number of hydrogen-bond donors (Lipinski definition) is 3. The number of nitrogens with two attached hydrogens (primary N) is 1. The molecule has 0 unspecified atom stereocenters. The first-order chi connectivity index (χ1) is 19.0. The van der Waals surface area contributed by atoms with E-state index in [4.69, 9.17) is 18.0 Å². The van der Waals surface area contributed by atoms with E-state index in [0.717, 1.165) is 44.9 Å². The molecule has 7 nitrogen and oxygen atoms in total. The number of benzene rings is 3. The van der Waals surface area contributed by atoms with Crippen LogP contribution in [0.25, 0.3) is 22.4 Å². The van der Waals surface area contributed by atoms with E-state index in [1.165, 1.54) is 0 Å². The third kappa shape index (κ3) is 5.35. The van der Waals surface area contributed by atoms with Crippen LogP contribution in [0.1, 0.15) is 22.4 Å². The summed E-state index contributed by atoms with van der Waals surface area (Å²) in [5, 5.41) is 25.0. The highest BCUT2D eigenvalue weighted by atomic mass is 32.1. The topological polar surface area (TPSA) is 105 Å². The summed E-state index contributed by atoms with van der Waals surface area (Å²) in [6.45, 7) is 4.46. The van der Waals surface area contributed by atoms with E-state index < -0.39 is 0 Å². The Hall–Kier alpha value is -5.00. The number of hydrogen-bond acceptors (Lipinski definition) is 5. The van der Waals surface area contributed by atoms with Gasteiger partial charge in [-0.3, -0.25) is 0 Å². The molecule has 0 aliphatic heterocycles. The maximum Gasteiger partial charge on any atom is 0.176 e. The van der Waals surface area contributed by atoms with E-state index in [9.17, 15) is 5.26 Å². The molecule has 0 atom stereocenters. The van der Waals surface area contributed by atoms with E-state index in [1.54, 1.807) is 0 Å². The summed E-state index contributed by atoms with van der Waals surface area (Å²) in [6.07, 6.45) is 0. The van der Waals surface area contributed by atoms with E-state index in [-0.39, 0.29) is 0 Å². The fraction of sp³-hybridized carbons (Fsp3) is 0.0968. The van der Waals surface area contributed by atoms with Crippen LogP contribution in [-0.4, -0.2) is 19.9 Å². The summed E-state index contributed by atoms with van der Waals surface area (Å²) in [7, 11) is 0. The Kier molecular flexibility index (Phi) is 7.34. The van der Waals surface area contributed by atoms with Gasteiger partial charge in [-0.1, -0.05) is 72.8 Å². The van der Waals surface area contributed by atoms with Gasteiger partial charge in [0.2, 0.25) is 0 Å². The molecule has 0 fully saturated rings. The van der Waals surface area contributed by atoms with Crippen molar-refractivity contribution in [2.75, 3.05) is 16.4 Å². The number of nitrogens with zero attached hydrogens (tertiary/aromatic N) is 4. The molecule has 2 heterocycles. The van der Waals surface area contributed by atoms with Crippen molar-refractivity contribution in [1.82, 2.24) is 14.8 Å². The van der Waals surface area contributed by atoms with Gasteiger partial charge in [0.15, 0.2) is 10.9 Å². The number of aromatic nitrogens is 3. The summed E-state index contributed by atoms with van der Waals surface area (Å²) in [4.78, 5) is 0. The Morgan fingerprint density at radius 3 is 2.26 bits per heavy atom. The molecule has 0 bridgehead atoms. The first-order valence-electron chi connectivity index (χ1n) is 12.5. The van der Waals surface area contributed by atoms with E-state index in [2.05, 4.69) is 45.1 Å².